The van der Waals surface area contributed by atoms with Gasteiger partial charge in [0, 0.05) is 18.0 Å². The lowest BCUT2D eigenvalue weighted by atomic mass is 10.2. The minimum Gasteiger partial charge on any atom is -0.399 e. The van der Waals surface area contributed by atoms with Crippen molar-refractivity contribution in [1.82, 2.24) is 4.57 Å². The van der Waals surface area contributed by atoms with Crippen molar-refractivity contribution in [1.29, 1.82) is 0 Å². The van der Waals surface area contributed by atoms with Crippen LogP contribution in [0.3, 0.4) is 0 Å². The Morgan fingerprint density at radius 3 is 2.60 bits per heavy atom. The van der Waals surface area contributed by atoms with Gasteiger partial charge in [-0.2, -0.15) is 0 Å². The summed E-state index contributed by atoms with van der Waals surface area (Å²) in [6, 6.07) is 10.9. The summed E-state index contributed by atoms with van der Waals surface area (Å²) in [4.78, 5) is 11.7. The molecular formula is C12H12N2O. The molecule has 1 heterocycles. The van der Waals surface area contributed by atoms with Crippen LogP contribution in [0.25, 0.3) is 5.69 Å². The van der Waals surface area contributed by atoms with Crippen LogP contribution in [-0.4, -0.2) is 4.57 Å². The fourth-order valence-corrected chi connectivity index (χ4v) is 1.53. The fraction of sp³-hybridized carbons (Fsp3) is 0.0833. The maximum Gasteiger partial charge on any atom is 0.257 e. The molecule has 0 amide bonds. The monoisotopic (exact) mass is 200 g/mol. The van der Waals surface area contributed by atoms with E-state index in [1.807, 2.05) is 31.2 Å². The lowest BCUT2D eigenvalue weighted by Crippen LogP contribution is -2.17. The Labute approximate surface area is 87.8 Å². The van der Waals surface area contributed by atoms with Gasteiger partial charge >= 0.3 is 0 Å². The van der Waals surface area contributed by atoms with Gasteiger partial charge in [-0.3, -0.25) is 9.36 Å². The lowest BCUT2D eigenvalue weighted by Gasteiger charge is -2.08. The maximum absolute atomic E-state index is 11.7. The molecule has 0 unspecified atom stereocenters. The van der Waals surface area contributed by atoms with Crippen LogP contribution < -0.4 is 11.3 Å². The molecule has 76 valence electrons. The molecule has 0 aliphatic heterocycles. The molecule has 15 heavy (non-hydrogen) atoms. The summed E-state index contributed by atoms with van der Waals surface area (Å²) in [7, 11) is 0. The number of nitrogens with two attached hydrogens (primary N) is 1. The number of rotatable bonds is 1. The highest BCUT2D eigenvalue weighted by molar-refractivity contribution is 5.43. The van der Waals surface area contributed by atoms with E-state index >= 15 is 0 Å². The Morgan fingerprint density at radius 1 is 1.20 bits per heavy atom. The molecular weight excluding hydrogens is 188 g/mol. The van der Waals surface area contributed by atoms with Gasteiger partial charge in [-0.05, 0) is 24.6 Å². The van der Waals surface area contributed by atoms with E-state index in [2.05, 4.69) is 0 Å². The van der Waals surface area contributed by atoms with E-state index in [9.17, 15) is 4.79 Å². The van der Waals surface area contributed by atoms with Gasteiger partial charge in [-0.25, -0.2) is 0 Å². The van der Waals surface area contributed by atoms with Gasteiger partial charge in [-0.15, -0.1) is 0 Å². The number of aryl methyl sites for hydroxylation is 1. The normalized spacial score (nSPS) is 10.2. The number of hydrogen-bond donors (Lipinski definition) is 1. The Bertz CT molecular complexity index is 543. The first-order chi connectivity index (χ1) is 7.18. The van der Waals surface area contributed by atoms with Gasteiger partial charge in [0.1, 0.15) is 0 Å². The predicted molar refractivity (Wildman–Crippen MR) is 61.2 cm³/mol. The van der Waals surface area contributed by atoms with E-state index in [-0.39, 0.29) is 5.56 Å². The van der Waals surface area contributed by atoms with Crippen molar-refractivity contribution in [3.8, 4) is 5.69 Å². The smallest absolute Gasteiger partial charge is 0.257 e. The molecule has 1 aromatic heterocycles. The van der Waals surface area contributed by atoms with Crippen molar-refractivity contribution >= 4 is 5.69 Å². The zero-order valence-corrected chi connectivity index (χ0v) is 8.47. The van der Waals surface area contributed by atoms with Crippen molar-refractivity contribution in [2.75, 3.05) is 5.73 Å². The van der Waals surface area contributed by atoms with Gasteiger partial charge in [0.25, 0.3) is 5.56 Å². The second kappa shape index (κ2) is 3.61. The van der Waals surface area contributed by atoms with E-state index < -0.39 is 0 Å². The number of nitrogen functional groups attached to an aromatic ring is 1. The van der Waals surface area contributed by atoms with Crippen molar-refractivity contribution in [2.24, 2.45) is 0 Å². The molecule has 0 bridgehead atoms. The average molecular weight is 200 g/mol. The van der Waals surface area contributed by atoms with Gasteiger partial charge in [0.15, 0.2) is 0 Å². The van der Waals surface area contributed by atoms with Crippen molar-refractivity contribution < 1.29 is 0 Å². The summed E-state index contributed by atoms with van der Waals surface area (Å²) in [6.07, 6.45) is 1.69. The molecule has 2 aromatic rings. The lowest BCUT2D eigenvalue weighted by molar-refractivity contribution is 0.980. The van der Waals surface area contributed by atoms with Crippen LogP contribution in [0.1, 0.15) is 5.56 Å². The van der Waals surface area contributed by atoms with Crippen molar-refractivity contribution in [2.45, 2.75) is 6.92 Å². The standard InChI is InChI=1S/C12H12N2O/c1-9-4-2-3-5-11(9)14-7-6-10(13)8-12(14)15/h2-8H,13H2,1H3. The van der Waals surface area contributed by atoms with E-state index in [0.717, 1.165) is 11.3 Å². The van der Waals surface area contributed by atoms with Crippen LogP contribution in [0.4, 0.5) is 5.69 Å². The quantitative estimate of drug-likeness (QED) is 0.762. The summed E-state index contributed by atoms with van der Waals surface area (Å²) in [5.74, 6) is 0. The molecule has 0 saturated heterocycles. The third-order valence-corrected chi connectivity index (χ3v) is 2.32. The Morgan fingerprint density at radius 2 is 1.93 bits per heavy atom. The number of aromatic nitrogens is 1. The van der Waals surface area contributed by atoms with E-state index in [1.54, 1.807) is 16.8 Å². The Balaban J connectivity index is 2.65. The van der Waals surface area contributed by atoms with Crippen molar-refractivity contribution in [3.05, 3.63) is 58.5 Å². The van der Waals surface area contributed by atoms with E-state index in [4.69, 9.17) is 5.73 Å². The first kappa shape index (κ1) is 9.52. The summed E-state index contributed by atoms with van der Waals surface area (Å²) in [6.45, 7) is 1.97. The molecule has 0 fully saturated rings. The second-order valence-electron chi connectivity index (χ2n) is 3.45. The average Bonchev–Trinajstić information content (AvgIpc) is 2.20. The number of para-hydroxylation sites is 1. The highest BCUT2D eigenvalue weighted by Gasteiger charge is 2.01. The summed E-state index contributed by atoms with van der Waals surface area (Å²) >= 11 is 0. The molecule has 2 N–H and O–H groups in total. The highest BCUT2D eigenvalue weighted by Crippen LogP contribution is 2.11. The molecule has 0 spiro atoms. The summed E-state index contributed by atoms with van der Waals surface area (Å²) in [5.41, 5.74) is 7.86. The predicted octanol–water partition coefficient (Wildman–Crippen LogP) is 1.73. The van der Waals surface area contributed by atoms with Gasteiger partial charge in [0.05, 0.1) is 5.69 Å². The molecule has 1 aromatic carbocycles. The van der Waals surface area contributed by atoms with Crippen LogP contribution in [-0.2, 0) is 0 Å². The van der Waals surface area contributed by atoms with Gasteiger partial charge in [-0.1, -0.05) is 18.2 Å². The Hall–Kier alpha value is -2.03. The third-order valence-electron chi connectivity index (χ3n) is 2.32. The molecule has 3 nitrogen and oxygen atoms in total. The number of pyridine rings is 1. The first-order valence-corrected chi connectivity index (χ1v) is 4.72. The largest absolute Gasteiger partial charge is 0.399 e. The first-order valence-electron chi connectivity index (χ1n) is 4.72. The minimum atomic E-state index is -0.107. The Kier molecular flexibility index (Phi) is 2.29. The molecule has 0 atom stereocenters. The zero-order chi connectivity index (χ0) is 10.8. The molecule has 2 rings (SSSR count). The molecule has 0 aliphatic rings. The topological polar surface area (TPSA) is 48.0 Å². The van der Waals surface area contributed by atoms with Crippen LogP contribution in [0.15, 0.2) is 47.4 Å². The second-order valence-corrected chi connectivity index (χ2v) is 3.45. The summed E-state index contributed by atoms with van der Waals surface area (Å²) < 4.78 is 1.59. The number of benzene rings is 1. The summed E-state index contributed by atoms with van der Waals surface area (Å²) in [5, 5.41) is 0. The number of hydrogen-bond acceptors (Lipinski definition) is 2. The van der Waals surface area contributed by atoms with Gasteiger partial charge in [0.2, 0.25) is 0 Å². The SMILES string of the molecule is Cc1ccccc1-n1ccc(N)cc1=O. The van der Waals surface area contributed by atoms with Crippen LogP contribution in [0.5, 0.6) is 0 Å². The molecule has 0 radical (unpaired) electrons. The van der Waals surface area contributed by atoms with Crippen LogP contribution in [0.2, 0.25) is 0 Å². The van der Waals surface area contributed by atoms with Crippen molar-refractivity contribution in [3.63, 3.8) is 0 Å². The minimum absolute atomic E-state index is 0.107. The molecule has 0 saturated carbocycles. The van der Waals surface area contributed by atoms with Crippen LogP contribution in [0, 0.1) is 6.92 Å². The molecule has 3 heteroatoms. The highest BCUT2D eigenvalue weighted by atomic mass is 16.1. The zero-order valence-electron chi connectivity index (χ0n) is 8.47. The van der Waals surface area contributed by atoms with Crippen LogP contribution >= 0.6 is 0 Å². The van der Waals surface area contributed by atoms with E-state index in [1.165, 1.54) is 6.07 Å². The molecule has 0 aliphatic carbocycles. The maximum atomic E-state index is 11.7. The van der Waals surface area contributed by atoms with E-state index in [0.29, 0.717) is 5.69 Å². The fourth-order valence-electron chi connectivity index (χ4n) is 1.53. The number of anilines is 1. The van der Waals surface area contributed by atoms with Gasteiger partial charge < -0.3 is 5.73 Å². The third kappa shape index (κ3) is 1.76. The number of nitrogens with zero attached hydrogens (tertiary/aromatic N) is 1.